The van der Waals surface area contributed by atoms with Gasteiger partial charge in [0.15, 0.2) is 11.5 Å². The van der Waals surface area contributed by atoms with Crippen LogP contribution in [0.4, 0.5) is 11.5 Å². The summed E-state index contributed by atoms with van der Waals surface area (Å²) in [5.41, 5.74) is 4.34. The van der Waals surface area contributed by atoms with Crippen LogP contribution < -0.4 is 15.0 Å². The average molecular weight is 546 g/mol. The van der Waals surface area contributed by atoms with E-state index >= 15 is 0 Å². The predicted molar refractivity (Wildman–Crippen MR) is 162 cm³/mol. The molecule has 1 aliphatic rings. The van der Waals surface area contributed by atoms with Crippen molar-refractivity contribution in [1.82, 2.24) is 15.1 Å². The zero-order chi connectivity index (χ0) is 28.2. The normalized spacial score (nSPS) is 13.7. The summed E-state index contributed by atoms with van der Waals surface area (Å²) in [5, 5.41) is 23.8. The number of carbonyl (C=O) groups excluding carboxylic acids is 1. The molecule has 0 radical (unpaired) electrons. The third kappa shape index (κ3) is 5.83. The molecular formula is C33H31N5O3. The number of phenolic OH excluding ortho intramolecular Hbond substituents is 1. The lowest BCUT2D eigenvalue weighted by Crippen LogP contribution is -2.46. The number of phenols is 1. The van der Waals surface area contributed by atoms with Crippen LogP contribution >= 0.6 is 0 Å². The highest BCUT2D eigenvalue weighted by Crippen LogP contribution is 2.33. The maximum absolute atomic E-state index is 12.6. The van der Waals surface area contributed by atoms with E-state index in [2.05, 4.69) is 61.7 Å². The number of amides is 1. The Hall–Kier alpha value is -4.95. The van der Waals surface area contributed by atoms with E-state index in [-0.39, 0.29) is 17.4 Å². The van der Waals surface area contributed by atoms with Crippen molar-refractivity contribution in [1.29, 1.82) is 0 Å². The van der Waals surface area contributed by atoms with Gasteiger partial charge in [0.25, 0.3) is 5.91 Å². The standard InChI is InChI=1S/C33H31N5O3/c1-41-27-12-10-25(11-13-27)34-33(40)31-15-16-32(36-35-31)38-19-17-37(18-20-38)22-24-9-14-29(23-5-4-6-26(39)21-23)30-8-3-2-7-28(24)30/h2-16,21,39H,17-20,22H2,1H3,(H,34,40). The minimum Gasteiger partial charge on any atom is -0.508 e. The Bertz CT molecular complexity index is 1660. The van der Waals surface area contributed by atoms with Crippen molar-refractivity contribution in [3.63, 3.8) is 0 Å². The molecule has 0 spiro atoms. The Morgan fingerprint density at radius 1 is 0.854 bits per heavy atom. The molecule has 0 bridgehead atoms. The van der Waals surface area contributed by atoms with Crippen LogP contribution in [0.25, 0.3) is 21.9 Å². The third-order valence-electron chi connectivity index (χ3n) is 7.49. The summed E-state index contributed by atoms with van der Waals surface area (Å²) >= 11 is 0. The van der Waals surface area contributed by atoms with Gasteiger partial charge in [-0.05, 0) is 76.0 Å². The van der Waals surface area contributed by atoms with E-state index in [9.17, 15) is 9.90 Å². The van der Waals surface area contributed by atoms with Crippen molar-refractivity contribution in [3.05, 3.63) is 108 Å². The van der Waals surface area contributed by atoms with E-state index in [0.717, 1.165) is 55.4 Å². The second kappa shape index (κ2) is 11.7. The summed E-state index contributed by atoms with van der Waals surface area (Å²) in [6.07, 6.45) is 0. The van der Waals surface area contributed by atoms with Gasteiger partial charge in [-0.1, -0.05) is 48.5 Å². The quantitative estimate of drug-likeness (QED) is 0.276. The molecule has 206 valence electrons. The molecule has 0 unspecified atom stereocenters. The van der Waals surface area contributed by atoms with Gasteiger partial charge in [-0.3, -0.25) is 9.69 Å². The molecule has 0 aliphatic carbocycles. The monoisotopic (exact) mass is 545 g/mol. The number of hydrogen-bond donors (Lipinski definition) is 2. The molecule has 0 saturated carbocycles. The van der Waals surface area contributed by atoms with Crippen molar-refractivity contribution >= 4 is 28.2 Å². The second-order valence-electron chi connectivity index (χ2n) is 10.1. The molecule has 8 nitrogen and oxygen atoms in total. The number of fused-ring (bicyclic) bond motifs is 1. The molecule has 41 heavy (non-hydrogen) atoms. The smallest absolute Gasteiger partial charge is 0.276 e. The van der Waals surface area contributed by atoms with Crippen molar-refractivity contribution < 1.29 is 14.6 Å². The van der Waals surface area contributed by atoms with E-state index in [1.807, 2.05) is 24.3 Å². The van der Waals surface area contributed by atoms with Gasteiger partial charge in [-0.2, -0.15) is 0 Å². The number of benzene rings is 4. The number of aromatic nitrogens is 2. The summed E-state index contributed by atoms with van der Waals surface area (Å²) < 4.78 is 5.16. The Balaban J connectivity index is 1.08. The number of nitrogens with one attached hydrogen (secondary N) is 1. The summed E-state index contributed by atoms with van der Waals surface area (Å²) in [6, 6.07) is 31.0. The molecule has 4 aromatic carbocycles. The number of piperazine rings is 1. The zero-order valence-corrected chi connectivity index (χ0v) is 22.8. The van der Waals surface area contributed by atoms with Gasteiger partial charge in [0.05, 0.1) is 7.11 Å². The summed E-state index contributed by atoms with van der Waals surface area (Å²) in [6.45, 7) is 4.29. The van der Waals surface area contributed by atoms with Gasteiger partial charge in [0.2, 0.25) is 0 Å². The number of carbonyl (C=O) groups is 1. The SMILES string of the molecule is COc1ccc(NC(=O)c2ccc(N3CCN(Cc4ccc(-c5cccc(O)c5)c5ccccc45)CC3)nn2)cc1. The molecule has 6 rings (SSSR count). The predicted octanol–water partition coefficient (Wildman–Crippen LogP) is 5.59. The van der Waals surface area contributed by atoms with Crippen LogP contribution in [-0.4, -0.2) is 59.4 Å². The average Bonchev–Trinajstić information content (AvgIpc) is 3.02. The van der Waals surface area contributed by atoms with E-state index in [0.29, 0.717) is 5.69 Å². The van der Waals surface area contributed by atoms with Gasteiger partial charge in [-0.25, -0.2) is 0 Å². The fraction of sp³-hybridized carbons (Fsp3) is 0.182. The van der Waals surface area contributed by atoms with Gasteiger partial charge in [0, 0.05) is 38.4 Å². The van der Waals surface area contributed by atoms with Crippen LogP contribution in [0.1, 0.15) is 16.1 Å². The largest absolute Gasteiger partial charge is 0.508 e. The number of ether oxygens (including phenoxy) is 1. The number of rotatable bonds is 7. The Morgan fingerprint density at radius 3 is 2.34 bits per heavy atom. The molecule has 2 heterocycles. The Morgan fingerprint density at radius 2 is 1.63 bits per heavy atom. The van der Waals surface area contributed by atoms with Crippen LogP contribution in [0, 0.1) is 0 Å². The third-order valence-corrected chi connectivity index (χ3v) is 7.49. The second-order valence-corrected chi connectivity index (χ2v) is 10.1. The molecular weight excluding hydrogens is 514 g/mol. The van der Waals surface area contributed by atoms with Gasteiger partial charge >= 0.3 is 0 Å². The minimum absolute atomic E-state index is 0.268. The molecule has 8 heteroatoms. The number of nitrogens with zero attached hydrogens (tertiary/aromatic N) is 4. The highest BCUT2D eigenvalue weighted by molar-refractivity contribution is 6.02. The Labute approximate surface area is 238 Å². The van der Waals surface area contributed by atoms with E-state index in [1.165, 1.54) is 16.3 Å². The summed E-state index contributed by atoms with van der Waals surface area (Å²) in [7, 11) is 1.60. The molecule has 1 amide bonds. The van der Waals surface area contributed by atoms with Crippen LogP contribution in [0.5, 0.6) is 11.5 Å². The molecule has 2 N–H and O–H groups in total. The minimum atomic E-state index is -0.304. The topological polar surface area (TPSA) is 90.8 Å². The van der Waals surface area contributed by atoms with E-state index in [1.54, 1.807) is 43.5 Å². The summed E-state index contributed by atoms with van der Waals surface area (Å²) in [5.74, 6) is 1.46. The van der Waals surface area contributed by atoms with Crippen LogP contribution in [0.15, 0.2) is 97.1 Å². The first-order valence-electron chi connectivity index (χ1n) is 13.6. The van der Waals surface area contributed by atoms with Crippen molar-refractivity contribution in [2.24, 2.45) is 0 Å². The van der Waals surface area contributed by atoms with Crippen molar-refractivity contribution in [2.45, 2.75) is 6.54 Å². The first kappa shape index (κ1) is 26.3. The lowest BCUT2D eigenvalue weighted by atomic mass is 9.94. The molecule has 1 saturated heterocycles. The zero-order valence-electron chi connectivity index (χ0n) is 22.8. The maximum atomic E-state index is 12.6. The van der Waals surface area contributed by atoms with E-state index < -0.39 is 0 Å². The number of anilines is 2. The highest BCUT2D eigenvalue weighted by atomic mass is 16.5. The van der Waals surface area contributed by atoms with Crippen LogP contribution in [-0.2, 0) is 6.54 Å². The van der Waals surface area contributed by atoms with Crippen LogP contribution in [0.3, 0.4) is 0 Å². The molecule has 5 aromatic rings. The Kier molecular flexibility index (Phi) is 7.47. The molecule has 1 aromatic heterocycles. The van der Waals surface area contributed by atoms with Gasteiger partial charge in [-0.15, -0.1) is 10.2 Å². The molecule has 0 atom stereocenters. The lowest BCUT2D eigenvalue weighted by Gasteiger charge is -2.35. The molecule has 1 aliphatic heterocycles. The first-order valence-corrected chi connectivity index (χ1v) is 13.6. The fourth-order valence-electron chi connectivity index (χ4n) is 5.28. The van der Waals surface area contributed by atoms with E-state index in [4.69, 9.17) is 4.74 Å². The van der Waals surface area contributed by atoms with Crippen LogP contribution in [0.2, 0.25) is 0 Å². The van der Waals surface area contributed by atoms with Gasteiger partial charge < -0.3 is 20.1 Å². The van der Waals surface area contributed by atoms with Crippen molar-refractivity contribution in [2.75, 3.05) is 43.5 Å². The number of aromatic hydroxyl groups is 1. The first-order chi connectivity index (χ1) is 20.1. The molecule has 1 fully saturated rings. The number of hydrogen-bond acceptors (Lipinski definition) is 7. The number of methoxy groups -OCH3 is 1. The maximum Gasteiger partial charge on any atom is 0.276 e. The lowest BCUT2D eigenvalue weighted by molar-refractivity contribution is 0.102. The fourth-order valence-corrected chi connectivity index (χ4v) is 5.28. The summed E-state index contributed by atoms with van der Waals surface area (Å²) in [4.78, 5) is 17.3. The highest BCUT2D eigenvalue weighted by Gasteiger charge is 2.20. The van der Waals surface area contributed by atoms with Gasteiger partial charge in [0.1, 0.15) is 11.5 Å². The van der Waals surface area contributed by atoms with Crippen molar-refractivity contribution in [3.8, 4) is 22.6 Å².